The molecular weight excluding hydrogens is 312 g/mol. The predicted molar refractivity (Wildman–Crippen MR) is 81.8 cm³/mol. The number of aryl methyl sites for hydroxylation is 1. The molecule has 1 rings (SSSR count). The molecule has 0 spiro atoms. The Hall–Kier alpha value is -0.940. The Morgan fingerprint density at radius 1 is 1.50 bits per heavy atom. The van der Waals surface area contributed by atoms with Gasteiger partial charge in [-0.2, -0.15) is 0 Å². The zero-order chi connectivity index (χ0) is 13.9. The van der Waals surface area contributed by atoms with E-state index in [2.05, 4.69) is 21.2 Å². The van der Waals surface area contributed by atoms with E-state index in [0.717, 1.165) is 10.0 Å². The number of hydrogen-bond acceptors (Lipinski definition) is 2. The Morgan fingerprint density at radius 2 is 2.11 bits per heavy atom. The summed E-state index contributed by atoms with van der Waals surface area (Å²) in [4.78, 5) is 12.5. The van der Waals surface area contributed by atoms with Crippen LogP contribution < -0.4 is 11.1 Å². The van der Waals surface area contributed by atoms with Crippen molar-refractivity contribution in [1.29, 1.82) is 0 Å². The van der Waals surface area contributed by atoms with Gasteiger partial charge in [-0.1, -0.05) is 38.2 Å². The molecule has 0 aliphatic carbocycles. The van der Waals surface area contributed by atoms with E-state index in [1.165, 1.54) is 0 Å². The van der Waals surface area contributed by atoms with Crippen LogP contribution in [-0.4, -0.2) is 17.4 Å². The van der Waals surface area contributed by atoms with E-state index in [0.29, 0.717) is 17.1 Å². The van der Waals surface area contributed by atoms with Crippen LogP contribution in [0.5, 0.6) is 0 Å². The number of rotatable bonds is 4. The first-order valence-electron chi connectivity index (χ1n) is 5.59. The standard InChI is InChI=1S/C13H17BrN2OS/c1-8-5-4-6-9(10(8)14)11(17)16-7-13(2,3)12(15)18/h4-6H,7H2,1-3H3,(H2,15,18)(H,16,17). The molecule has 0 bridgehead atoms. The van der Waals surface area contributed by atoms with Crippen molar-refractivity contribution < 1.29 is 4.79 Å². The molecule has 1 amide bonds. The van der Waals surface area contributed by atoms with E-state index < -0.39 is 0 Å². The van der Waals surface area contributed by atoms with E-state index >= 15 is 0 Å². The first kappa shape index (κ1) is 15.1. The van der Waals surface area contributed by atoms with Crippen molar-refractivity contribution >= 4 is 39.0 Å². The number of nitrogens with two attached hydrogens (primary N) is 1. The van der Waals surface area contributed by atoms with Crippen molar-refractivity contribution in [3.05, 3.63) is 33.8 Å². The number of carbonyl (C=O) groups excluding carboxylic acids is 1. The maximum absolute atomic E-state index is 12.1. The summed E-state index contributed by atoms with van der Waals surface area (Å²) in [5.41, 5.74) is 6.88. The summed E-state index contributed by atoms with van der Waals surface area (Å²) in [5.74, 6) is -0.130. The van der Waals surface area contributed by atoms with Crippen molar-refractivity contribution in [1.82, 2.24) is 5.32 Å². The summed E-state index contributed by atoms with van der Waals surface area (Å²) >= 11 is 8.38. The Balaban J connectivity index is 2.78. The summed E-state index contributed by atoms with van der Waals surface area (Å²) in [7, 11) is 0. The van der Waals surface area contributed by atoms with Gasteiger partial charge >= 0.3 is 0 Å². The second-order valence-electron chi connectivity index (χ2n) is 4.87. The quantitative estimate of drug-likeness (QED) is 0.835. The van der Waals surface area contributed by atoms with E-state index in [1.54, 1.807) is 6.07 Å². The molecule has 98 valence electrons. The molecule has 0 aromatic heterocycles. The molecule has 0 fully saturated rings. The number of nitrogens with one attached hydrogen (secondary N) is 1. The molecule has 0 heterocycles. The fourth-order valence-electron chi connectivity index (χ4n) is 1.31. The summed E-state index contributed by atoms with van der Waals surface area (Å²) in [6.45, 7) is 6.17. The molecule has 1 aromatic carbocycles. The molecular formula is C13H17BrN2OS. The molecule has 0 aliphatic rings. The monoisotopic (exact) mass is 328 g/mol. The summed E-state index contributed by atoms with van der Waals surface area (Å²) in [6, 6.07) is 5.58. The number of carbonyl (C=O) groups is 1. The first-order valence-corrected chi connectivity index (χ1v) is 6.79. The number of thiocarbonyl (C=S) groups is 1. The smallest absolute Gasteiger partial charge is 0.252 e. The van der Waals surface area contributed by atoms with E-state index in [-0.39, 0.29) is 11.3 Å². The van der Waals surface area contributed by atoms with Crippen LogP contribution in [0.2, 0.25) is 0 Å². The molecule has 0 aliphatic heterocycles. The van der Waals surface area contributed by atoms with Gasteiger partial charge in [0.15, 0.2) is 0 Å². The van der Waals surface area contributed by atoms with Crippen LogP contribution in [0.4, 0.5) is 0 Å². The van der Waals surface area contributed by atoms with E-state index in [1.807, 2.05) is 32.9 Å². The number of halogens is 1. The average molecular weight is 329 g/mol. The fraction of sp³-hybridized carbons (Fsp3) is 0.385. The molecule has 0 atom stereocenters. The van der Waals surface area contributed by atoms with E-state index in [9.17, 15) is 4.79 Å². The lowest BCUT2D eigenvalue weighted by molar-refractivity contribution is 0.0944. The second kappa shape index (κ2) is 5.80. The lowest BCUT2D eigenvalue weighted by atomic mass is 9.93. The SMILES string of the molecule is Cc1cccc(C(=O)NCC(C)(C)C(N)=S)c1Br. The van der Waals surface area contributed by atoms with Gasteiger partial charge in [0.1, 0.15) is 0 Å². The van der Waals surface area contributed by atoms with Gasteiger partial charge < -0.3 is 11.1 Å². The van der Waals surface area contributed by atoms with Crippen molar-refractivity contribution in [3.8, 4) is 0 Å². The summed E-state index contributed by atoms with van der Waals surface area (Å²) in [5, 5.41) is 2.85. The molecule has 3 N–H and O–H groups in total. The molecule has 0 saturated heterocycles. The van der Waals surface area contributed by atoms with Crippen LogP contribution in [-0.2, 0) is 0 Å². The van der Waals surface area contributed by atoms with Crippen molar-refractivity contribution in [2.24, 2.45) is 11.1 Å². The summed E-state index contributed by atoms with van der Waals surface area (Å²) in [6.07, 6.45) is 0. The van der Waals surface area contributed by atoms with Crippen LogP contribution >= 0.6 is 28.1 Å². The van der Waals surface area contributed by atoms with Gasteiger partial charge in [0.25, 0.3) is 5.91 Å². The molecule has 3 nitrogen and oxygen atoms in total. The van der Waals surface area contributed by atoms with Crippen molar-refractivity contribution in [2.75, 3.05) is 6.54 Å². The van der Waals surface area contributed by atoms with Gasteiger partial charge in [0.05, 0.1) is 10.6 Å². The van der Waals surface area contributed by atoms with Gasteiger partial charge in [-0.3, -0.25) is 4.79 Å². The minimum atomic E-state index is -0.388. The van der Waals surface area contributed by atoms with Gasteiger partial charge in [-0.25, -0.2) is 0 Å². The molecule has 0 radical (unpaired) electrons. The fourth-order valence-corrected chi connectivity index (χ4v) is 1.82. The first-order chi connectivity index (χ1) is 8.25. The number of amides is 1. The van der Waals surface area contributed by atoms with Crippen molar-refractivity contribution in [2.45, 2.75) is 20.8 Å². The minimum absolute atomic E-state index is 0.130. The maximum Gasteiger partial charge on any atom is 0.252 e. The predicted octanol–water partition coefficient (Wildman–Crippen LogP) is 2.80. The van der Waals surface area contributed by atoms with Crippen molar-refractivity contribution in [3.63, 3.8) is 0 Å². The van der Waals surface area contributed by atoms with Crippen LogP contribution in [0, 0.1) is 12.3 Å². The highest BCUT2D eigenvalue weighted by molar-refractivity contribution is 9.10. The van der Waals surface area contributed by atoms with Gasteiger partial charge in [-0.05, 0) is 34.5 Å². The Labute approximate surface area is 121 Å². The Kier molecular flexibility index (Phi) is 4.87. The van der Waals surface area contributed by atoms with E-state index in [4.69, 9.17) is 18.0 Å². The third-order valence-electron chi connectivity index (χ3n) is 2.79. The van der Waals surface area contributed by atoms with Crippen LogP contribution in [0.25, 0.3) is 0 Å². The maximum atomic E-state index is 12.1. The van der Waals surface area contributed by atoms with Crippen LogP contribution in [0.3, 0.4) is 0 Å². The van der Waals surface area contributed by atoms with Crippen LogP contribution in [0.15, 0.2) is 22.7 Å². The average Bonchev–Trinajstić information content (AvgIpc) is 2.29. The molecule has 18 heavy (non-hydrogen) atoms. The third-order valence-corrected chi connectivity index (χ3v) is 4.40. The normalized spacial score (nSPS) is 11.1. The number of hydrogen-bond donors (Lipinski definition) is 2. The molecule has 0 unspecified atom stereocenters. The van der Waals surface area contributed by atoms with Crippen LogP contribution in [0.1, 0.15) is 29.8 Å². The zero-order valence-corrected chi connectivity index (χ0v) is 13.1. The highest BCUT2D eigenvalue weighted by Gasteiger charge is 2.22. The molecule has 1 aromatic rings. The summed E-state index contributed by atoms with van der Waals surface area (Å²) < 4.78 is 0.815. The lowest BCUT2D eigenvalue weighted by Crippen LogP contribution is -2.41. The molecule has 5 heteroatoms. The molecule has 0 saturated carbocycles. The second-order valence-corrected chi connectivity index (χ2v) is 6.10. The zero-order valence-electron chi connectivity index (χ0n) is 10.7. The Bertz CT molecular complexity index is 486. The van der Waals surface area contributed by atoms with Gasteiger partial charge in [-0.15, -0.1) is 0 Å². The number of benzene rings is 1. The highest BCUT2D eigenvalue weighted by Crippen LogP contribution is 2.21. The minimum Gasteiger partial charge on any atom is -0.393 e. The lowest BCUT2D eigenvalue weighted by Gasteiger charge is -2.23. The third kappa shape index (κ3) is 3.53. The largest absolute Gasteiger partial charge is 0.393 e. The van der Waals surface area contributed by atoms with Gasteiger partial charge in [0, 0.05) is 16.4 Å². The Morgan fingerprint density at radius 3 is 2.67 bits per heavy atom. The highest BCUT2D eigenvalue weighted by atomic mass is 79.9. The van der Waals surface area contributed by atoms with Gasteiger partial charge in [0.2, 0.25) is 0 Å². The topological polar surface area (TPSA) is 55.1 Å².